The van der Waals surface area contributed by atoms with Gasteiger partial charge in [-0.15, -0.1) is 0 Å². The Morgan fingerprint density at radius 2 is 2.11 bits per heavy atom. The SMILES string of the molecule is COc1ccc2c(c1OC)CCC(N(C)CCO)C2. The standard InChI is InChI=1S/C15H23NO3/c1-16(8-9-17)12-5-6-13-11(10-12)4-7-14(18-2)15(13)19-3/h4,7,12,17H,5-6,8-10H2,1-3H3. The Labute approximate surface area is 114 Å². The number of likely N-dealkylation sites (N-methyl/N-ethyl adjacent to an activating group) is 1. The molecule has 1 aliphatic carbocycles. The molecule has 1 N–H and O–H groups in total. The van der Waals surface area contributed by atoms with Gasteiger partial charge in [-0.2, -0.15) is 0 Å². The van der Waals surface area contributed by atoms with Crippen molar-refractivity contribution in [1.82, 2.24) is 4.90 Å². The van der Waals surface area contributed by atoms with Gasteiger partial charge in [-0.25, -0.2) is 0 Å². The average molecular weight is 265 g/mol. The number of fused-ring (bicyclic) bond motifs is 1. The van der Waals surface area contributed by atoms with E-state index in [9.17, 15) is 0 Å². The zero-order valence-electron chi connectivity index (χ0n) is 12.0. The lowest BCUT2D eigenvalue weighted by atomic mass is 9.86. The summed E-state index contributed by atoms with van der Waals surface area (Å²) in [5.41, 5.74) is 2.61. The second kappa shape index (κ2) is 6.26. The first-order valence-electron chi connectivity index (χ1n) is 6.75. The Morgan fingerprint density at radius 3 is 2.74 bits per heavy atom. The van der Waals surface area contributed by atoms with Crippen LogP contribution in [0.3, 0.4) is 0 Å². The van der Waals surface area contributed by atoms with Crippen molar-refractivity contribution in [3.05, 3.63) is 23.3 Å². The molecule has 0 spiro atoms. The zero-order chi connectivity index (χ0) is 13.8. The Kier molecular flexibility index (Phi) is 4.66. The normalized spacial score (nSPS) is 18.3. The molecule has 0 saturated heterocycles. The van der Waals surface area contributed by atoms with Crippen LogP contribution in [0.4, 0.5) is 0 Å². The van der Waals surface area contributed by atoms with Crippen LogP contribution in [0.15, 0.2) is 12.1 Å². The number of benzene rings is 1. The molecule has 0 fully saturated rings. The first-order valence-corrected chi connectivity index (χ1v) is 6.75. The zero-order valence-corrected chi connectivity index (χ0v) is 12.0. The van der Waals surface area contributed by atoms with E-state index in [2.05, 4.69) is 18.0 Å². The molecule has 0 amide bonds. The van der Waals surface area contributed by atoms with E-state index >= 15 is 0 Å². The maximum atomic E-state index is 9.03. The lowest BCUT2D eigenvalue weighted by Crippen LogP contribution is -2.38. The fourth-order valence-electron chi connectivity index (χ4n) is 2.88. The topological polar surface area (TPSA) is 41.9 Å². The molecule has 0 aromatic heterocycles. The van der Waals surface area contributed by atoms with Crippen molar-refractivity contribution >= 4 is 0 Å². The van der Waals surface area contributed by atoms with Gasteiger partial charge in [0.25, 0.3) is 0 Å². The van der Waals surface area contributed by atoms with Crippen LogP contribution in [0.2, 0.25) is 0 Å². The van der Waals surface area contributed by atoms with Gasteiger partial charge in [-0.1, -0.05) is 6.07 Å². The van der Waals surface area contributed by atoms with Crippen molar-refractivity contribution < 1.29 is 14.6 Å². The number of hydrogen-bond donors (Lipinski definition) is 1. The molecule has 106 valence electrons. The predicted octanol–water partition coefficient (Wildman–Crippen LogP) is 1.49. The molecule has 1 unspecified atom stereocenters. The van der Waals surface area contributed by atoms with Crippen molar-refractivity contribution in [2.45, 2.75) is 25.3 Å². The molecule has 0 heterocycles. The summed E-state index contributed by atoms with van der Waals surface area (Å²) in [6.07, 6.45) is 3.09. The van der Waals surface area contributed by atoms with Crippen molar-refractivity contribution in [2.24, 2.45) is 0 Å². The van der Waals surface area contributed by atoms with Crippen LogP contribution in [-0.2, 0) is 12.8 Å². The Balaban J connectivity index is 2.22. The number of ether oxygens (including phenoxy) is 2. The second-order valence-electron chi connectivity index (χ2n) is 5.04. The molecule has 4 heteroatoms. The molecular weight excluding hydrogens is 242 g/mol. The highest BCUT2D eigenvalue weighted by molar-refractivity contribution is 5.52. The summed E-state index contributed by atoms with van der Waals surface area (Å²) in [5.74, 6) is 1.69. The molecule has 0 aliphatic heterocycles. The summed E-state index contributed by atoms with van der Waals surface area (Å²) in [6.45, 7) is 0.944. The molecule has 2 rings (SSSR count). The highest BCUT2D eigenvalue weighted by Gasteiger charge is 2.25. The number of methoxy groups -OCH3 is 2. The molecule has 1 aliphatic rings. The summed E-state index contributed by atoms with van der Waals surface area (Å²) >= 11 is 0. The highest BCUT2D eigenvalue weighted by atomic mass is 16.5. The Hall–Kier alpha value is -1.26. The van der Waals surface area contributed by atoms with Gasteiger partial charge in [0.05, 0.1) is 20.8 Å². The van der Waals surface area contributed by atoms with Crippen LogP contribution >= 0.6 is 0 Å². The number of aliphatic hydroxyl groups excluding tert-OH is 1. The van der Waals surface area contributed by atoms with Crippen molar-refractivity contribution in [3.8, 4) is 11.5 Å². The minimum Gasteiger partial charge on any atom is -0.493 e. The summed E-state index contributed by atoms with van der Waals surface area (Å²) in [6, 6.07) is 4.61. The maximum absolute atomic E-state index is 9.03. The average Bonchev–Trinajstić information content (AvgIpc) is 2.45. The van der Waals surface area contributed by atoms with E-state index in [0.29, 0.717) is 6.04 Å². The quantitative estimate of drug-likeness (QED) is 0.876. The van der Waals surface area contributed by atoms with E-state index < -0.39 is 0 Å². The molecule has 1 atom stereocenters. The van der Waals surface area contributed by atoms with Gasteiger partial charge < -0.3 is 19.5 Å². The third-order valence-electron chi connectivity index (χ3n) is 4.00. The molecule has 1 aromatic carbocycles. The van der Waals surface area contributed by atoms with Gasteiger partial charge in [0.15, 0.2) is 11.5 Å². The minimum atomic E-state index is 0.214. The van der Waals surface area contributed by atoms with Crippen molar-refractivity contribution in [2.75, 3.05) is 34.4 Å². The Bertz CT molecular complexity index is 434. The fourth-order valence-corrected chi connectivity index (χ4v) is 2.88. The largest absolute Gasteiger partial charge is 0.493 e. The first-order chi connectivity index (χ1) is 9.21. The van der Waals surface area contributed by atoms with Crippen LogP contribution in [0.25, 0.3) is 0 Å². The van der Waals surface area contributed by atoms with E-state index in [0.717, 1.165) is 37.3 Å². The first kappa shape index (κ1) is 14.2. The smallest absolute Gasteiger partial charge is 0.164 e. The van der Waals surface area contributed by atoms with Crippen LogP contribution < -0.4 is 9.47 Å². The van der Waals surface area contributed by atoms with Gasteiger partial charge in [-0.3, -0.25) is 0 Å². The van der Waals surface area contributed by atoms with E-state index in [4.69, 9.17) is 14.6 Å². The van der Waals surface area contributed by atoms with Crippen LogP contribution in [0.1, 0.15) is 17.5 Å². The summed E-state index contributed by atoms with van der Waals surface area (Å²) < 4.78 is 10.8. The van der Waals surface area contributed by atoms with Gasteiger partial charge in [0, 0.05) is 18.2 Å². The summed E-state index contributed by atoms with van der Waals surface area (Å²) in [4.78, 5) is 2.24. The van der Waals surface area contributed by atoms with Gasteiger partial charge in [0.1, 0.15) is 0 Å². The van der Waals surface area contributed by atoms with Crippen molar-refractivity contribution in [3.63, 3.8) is 0 Å². The van der Waals surface area contributed by atoms with E-state index in [1.54, 1.807) is 14.2 Å². The van der Waals surface area contributed by atoms with E-state index in [1.807, 2.05) is 6.07 Å². The van der Waals surface area contributed by atoms with Gasteiger partial charge in [-0.05, 0) is 37.9 Å². The van der Waals surface area contributed by atoms with Gasteiger partial charge >= 0.3 is 0 Å². The number of aliphatic hydroxyl groups is 1. The maximum Gasteiger partial charge on any atom is 0.164 e. The molecule has 0 bridgehead atoms. The Morgan fingerprint density at radius 1 is 1.32 bits per heavy atom. The molecule has 0 saturated carbocycles. The van der Waals surface area contributed by atoms with Crippen molar-refractivity contribution in [1.29, 1.82) is 0 Å². The summed E-state index contributed by atoms with van der Waals surface area (Å²) in [7, 11) is 5.44. The molecular formula is C15H23NO3. The third-order valence-corrected chi connectivity index (χ3v) is 4.00. The molecule has 19 heavy (non-hydrogen) atoms. The van der Waals surface area contributed by atoms with Gasteiger partial charge in [0.2, 0.25) is 0 Å². The lowest BCUT2D eigenvalue weighted by Gasteiger charge is -2.33. The summed E-state index contributed by atoms with van der Waals surface area (Å²) in [5, 5.41) is 9.03. The monoisotopic (exact) mass is 265 g/mol. The molecule has 1 aromatic rings. The number of hydrogen-bond acceptors (Lipinski definition) is 4. The highest BCUT2D eigenvalue weighted by Crippen LogP contribution is 2.37. The molecule has 0 radical (unpaired) electrons. The second-order valence-corrected chi connectivity index (χ2v) is 5.04. The number of rotatable bonds is 5. The third kappa shape index (κ3) is 2.85. The predicted molar refractivity (Wildman–Crippen MR) is 75.1 cm³/mol. The van der Waals surface area contributed by atoms with Crippen LogP contribution in [0, 0.1) is 0 Å². The lowest BCUT2D eigenvalue weighted by molar-refractivity contribution is 0.168. The fraction of sp³-hybridized carbons (Fsp3) is 0.600. The van der Waals surface area contributed by atoms with Crippen LogP contribution in [-0.4, -0.2) is 50.5 Å². The van der Waals surface area contributed by atoms with E-state index in [1.165, 1.54) is 11.1 Å². The minimum absolute atomic E-state index is 0.214. The number of nitrogens with zero attached hydrogens (tertiary/aromatic N) is 1. The van der Waals surface area contributed by atoms with E-state index in [-0.39, 0.29) is 6.61 Å². The molecule has 4 nitrogen and oxygen atoms in total. The van der Waals surface area contributed by atoms with Crippen LogP contribution in [0.5, 0.6) is 11.5 Å².